The molecule has 12 nitrogen and oxygen atoms in total. The Bertz CT molecular complexity index is 1020. The Morgan fingerprint density at radius 3 is 2.87 bits per heavy atom. The Morgan fingerprint density at radius 2 is 2.26 bits per heavy atom. The van der Waals surface area contributed by atoms with Gasteiger partial charge in [-0.3, -0.25) is 19.5 Å². The van der Waals surface area contributed by atoms with E-state index in [1.165, 1.54) is 35.2 Å². The van der Waals surface area contributed by atoms with E-state index in [1.807, 2.05) is 0 Å². The number of thiazole rings is 1. The van der Waals surface area contributed by atoms with Crippen LogP contribution in [0.2, 0.25) is 0 Å². The number of anilines is 1. The van der Waals surface area contributed by atoms with E-state index in [1.54, 1.807) is 11.5 Å². The van der Waals surface area contributed by atoms with Crippen molar-refractivity contribution >= 4 is 69.8 Å². The maximum Gasteiger partial charge on any atom is 0.353 e. The largest absolute Gasteiger partial charge is 0.477 e. The van der Waals surface area contributed by atoms with E-state index in [2.05, 4.69) is 20.4 Å². The summed E-state index contributed by atoms with van der Waals surface area (Å²) < 4.78 is 0. The van der Waals surface area contributed by atoms with Crippen LogP contribution >= 0.6 is 34.9 Å². The summed E-state index contributed by atoms with van der Waals surface area (Å²) in [6, 6.07) is -0.972. The van der Waals surface area contributed by atoms with E-state index in [9.17, 15) is 24.7 Å². The van der Waals surface area contributed by atoms with Crippen molar-refractivity contribution in [1.29, 1.82) is 0 Å². The van der Waals surface area contributed by atoms with Gasteiger partial charge in [-0.2, -0.15) is 0 Å². The summed E-state index contributed by atoms with van der Waals surface area (Å²) in [7, 11) is 0. The number of oxime groups is 1. The van der Waals surface area contributed by atoms with Gasteiger partial charge in [-0.1, -0.05) is 23.0 Å². The van der Waals surface area contributed by atoms with Gasteiger partial charge in [-0.05, 0) is 5.41 Å². The fourth-order valence-electron chi connectivity index (χ4n) is 2.80. The van der Waals surface area contributed by atoms with Crippen molar-refractivity contribution in [3.8, 4) is 0 Å². The molecule has 2 amide bonds. The number of carbonyl (C=O) groups is 3. The van der Waals surface area contributed by atoms with Crippen LogP contribution in [0.3, 0.4) is 0 Å². The van der Waals surface area contributed by atoms with Crippen LogP contribution in [0.1, 0.15) is 5.69 Å². The highest BCUT2D eigenvalue weighted by molar-refractivity contribution is 8.08. The van der Waals surface area contributed by atoms with Gasteiger partial charge < -0.3 is 27.1 Å². The van der Waals surface area contributed by atoms with E-state index in [4.69, 9.17) is 11.5 Å². The third-order valence-corrected chi connectivity index (χ3v) is 7.21. The number of nitrogen functional groups attached to an aromatic ring is 1. The summed E-state index contributed by atoms with van der Waals surface area (Å²) in [6.07, 6.45) is 2.88. The number of nitrogens with one attached hydrogen (secondary N) is 1. The zero-order chi connectivity index (χ0) is 22.5. The lowest BCUT2D eigenvalue weighted by atomic mass is 10.0. The number of carbonyl (C=O) groups excluding carboxylic acids is 2. The highest BCUT2D eigenvalue weighted by Gasteiger charge is 2.54. The first kappa shape index (κ1) is 22.6. The Hall–Kier alpha value is -3.04. The topological polar surface area (TPSA) is 197 Å². The van der Waals surface area contributed by atoms with E-state index in [-0.39, 0.29) is 16.5 Å². The minimum Gasteiger partial charge on any atom is -0.477 e. The summed E-state index contributed by atoms with van der Waals surface area (Å²) in [5.74, 6) is -2.31. The number of β-lactam (4-membered cyclic amide) rings is 1. The van der Waals surface area contributed by atoms with Gasteiger partial charge in [0.2, 0.25) is 0 Å². The number of aromatic nitrogens is 1. The number of carboxylic acids is 1. The van der Waals surface area contributed by atoms with Gasteiger partial charge in [0.05, 0.1) is 12.9 Å². The number of thioether (sulfide) groups is 2. The number of hydrogen-bond donors (Lipinski definition) is 5. The summed E-state index contributed by atoms with van der Waals surface area (Å²) in [6.45, 7) is 0.352. The Labute approximate surface area is 188 Å². The van der Waals surface area contributed by atoms with Gasteiger partial charge in [0, 0.05) is 16.0 Å². The van der Waals surface area contributed by atoms with Gasteiger partial charge in [-0.15, -0.1) is 23.1 Å². The van der Waals surface area contributed by atoms with Crippen LogP contribution in [0.15, 0.2) is 37.6 Å². The molecule has 0 aliphatic carbocycles. The molecule has 1 aromatic rings. The molecule has 2 aliphatic rings. The first-order chi connectivity index (χ1) is 14.9. The molecule has 0 spiro atoms. The van der Waals surface area contributed by atoms with Crippen LogP contribution < -0.4 is 16.8 Å². The standard InChI is InChI=1S/C16H17N7O5S3/c17-6-19-2-1-3-29-8-5-30-14-10(13(25)23(14)11(8)15(26)27)21-12(24)9(22-28)7-4-31-16(18)20-7/h1,3-4,6,10,14,28H,2,5H2,(H2,17,19)(H2,18,20)(H,21,24)(H,26,27)/b3-1-,22-9-/t10?,14-/m1/s1. The molecule has 2 atom stereocenters. The van der Waals surface area contributed by atoms with Crippen molar-refractivity contribution in [2.45, 2.75) is 11.4 Å². The number of nitrogens with two attached hydrogens (primary N) is 2. The zero-order valence-corrected chi connectivity index (χ0v) is 18.1. The molecule has 3 rings (SSSR count). The molecule has 0 bridgehead atoms. The molecular formula is C16H17N7O5S3. The predicted molar refractivity (Wildman–Crippen MR) is 119 cm³/mol. The summed E-state index contributed by atoms with van der Waals surface area (Å²) in [5, 5.41) is 27.0. The third kappa shape index (κ3) is 4.67. The number of fused-ring (bicyclic) bond motifs is 1. The molecule has 0 aromatic carbocycles. The van der Waals surface area contributed by atoms with E-state index < -0.39 is 34.9 Å². The fraction of sp³-hybridized carbons (Fsp3) is 0.250. The SMILES string of the molecule is NC=NC/C=C\SC1=C(C(=O)O)N2C(=O)C(NC(=O)/C(=N\O)c3csc(N)n3)[C@H]2SC1. The average molecular weight is 484 g/mol. The van der Waals surface area contributed by atoms with Gasteiger partial charge in [0.1, 0.15) is 22.8 Å². The van der Waals surface area contributed by atoms with Gasteiger partial charge in [0.15, 0.2) is 10.8 Å². The molecule has 1 unspecified atom stereocenters. The first-order valence-corrected chi connectivity index (χ1v) is 11.4. The number of rotatable bonds is 8. The van der Waals surface area contributed by atoms with Crippen LogP contribution in [-0.2, 0) is 14.4 Å². The fourth-order valence-corrected chi connectivity index (χ4v) is 5.66. The molecule has 1 aromatic heterocycles. The van der Waals surface area contributed by atoms with Crippen molar-refractivity contribution in [2.75, 3.05) is 18.0 Å². The summed E-state index contributed by atoms with van der Waals surface area (Å²) >= 11 is 3.55. The monoisotopic (exact) mass is 483 g/mol. The quantitative estimate of drug-likeness (QED) is 0.109. The lowest BCUT2D eigenvalue weighted by molar-refractivity contribution is -0.150. The average Bonchev–Trinajstić information content (AvgIpc) is 3.17. The van der Waals surface area contributed by atoms with Crippen LogP contribution in [0.5, 0.6) is 0 Å². The number of aliphatic imine (C=N–C) groups is 1. The highest BCUT2D eigenvalue weighted by Crippen LogP contribution is 2.43. The zero-order valence-electron chi connectivity index (χ0n) is 15.7. The minimum atomic E-state index is -1.24. The highest BCUT2D eigenvalue weighted by atomic mass is 32.2. The molecule has 0 saturated carbocycles. The lowest BCUT2D eigenvalue weighted by Crippen LogP contribution is -2.71. The lowest BCUT2D eigenvalue weighted by Gasteiger charge is -2.49. The van der Waals surface area contributed by atoms with Crippen LogP contribution in [0.25, 0.3) is 0 Å². The number of carboxylic acid groups (broad SMARTS) is 1. The van der Waals surface area contributed by atoms with Crippen molar-refractivity contribution < 1.29 is 24.7 Å². The molecule has 0 radical (unpaired) electrons. The molecular weight excluding hydrogens is 466 g/mol. The van der Waals surface area contributed by atoms with Gasteiger partial charge >= 0.3 is 5.97 Å². The van der Waals surface area contributed by atoms with E-state index in [0.29, 0.717) is 17.2 Å². The molecule has 7 N–H and O–H groups in total. The molecule has 164 valence electrons. The Kier molecular flexibility index (Phi) is 7.19. The number of aliphatic carboxylic acids is 1. The van der Waals surface area contributed by atoms with Crippen molar-refractivity contribution in [2.24, 2.45) is 15.9 Å². The van der Waals surface area contributed by atoms with Crippen LogP contribution in [-0.4, -0.2) is 73.7 Å². The van der Waals surface area contributed by atoms with Crippen molar-refractivity contribution in [3.05, 3.63) is 33.2 Å². The minimum absolute atomic E-state index is 0.0676. The summed E-state index contributed by atoms with van der Waals surface area (Å²) in [5.41, 5.74) is 10.2. The number of nitrogens with zero attached hydrogens (tertiary/aromatic N) is 4. The molecule has 15 heteroatoms. The van der Waals surface area contributed by atoms with Crippen molar-refractivity contribution in [1.82, 2.24) is 15.2 Å². The Balaban J connectivity index is 1.72. The van der Waals surface area contributed by atoms with Gasteiger partial charge in [0.25, 0.3) is 11.8 Å². The number of hydrogen-bond acceptors (Lipinski definition) is 11. The Morgan fingerprint density at radius 1 is 1.48 bits per heavy atom. The van der Waals surface area contributed by atoms with E-state index in [0.717, 1.165) is 16.2 Å². The molecule has 2 aliphatic heterocycles. The first-order valence-electron chi connectivity index (χ1n) is 8.56. The normalized spacial score (nSPS) is 21.5. The van der Waals surface area contributed by atoms with Gasteiger partial charge in [-0.25, -0.2) is 9.78 Å². The molecule has 3 heterocycles. The second-order valence-corrected chi connectivity index (χ2v) is 8.96. The number of amides is 2. The smallest absolute Gasteiger partial charge is 0.353 e. The summed E-state index contributed by atoms with van der Waals surface area (Å²) in [4.78, 5) is 46.3. The third-order valence-electron chi connectivity index (χ3n) is 4.12. The van der Waals surface area contributed by atoms with Crippen LogP contribution in [0.4, 0.5) is 5.13 Å². The van der Waals surface area contributed by atoms with E-state index >= 15 is 0 Å². The van der Waals surface area contributed by atoms with Crippen molar-refractivity contribution in [3.63, 3.8) is 0 Å². The van der Waals surface area contributed by atoms with Crippen LogP contribution in [0, 0.1) is 0 Å². The molecule has 1 fully saturated rings. The second kappa shape index (κ2) is 9.84. The molecule has 31 heavy (non-hydrogen) atoms. The molecule has 1 saturated heterocycles. The second-order valence-electron chi connectivity index (χ2n) is 5.96. The predicted octanol–water partition coefficient (Wildman–Crippen LogP) is -0.166. The maximum absolute atomic E-state index is 12.7. The maximum atomic E-state index is 12.7.